The van der Waals surface area contributed by atoms with Crippen molar-refractivity contribution >= 4 is 30.7 Å². The zero-order chi connectivity index (χ0) is 22.3. The van der Waals surface area contributed by atoms with Crippen molar-refractivity contribution in [1.82, 2.24) is 10.2 Å². The number of aldehydes is 1. The minimum atomic E-state index is -0.716. The molecule has 3 rings (SSSR count). The number of fused-ring (bicyclic) bond motifs is 1. The van der Waals surface area contributed by atoms with Gasteiger partial charge in [0.1, 0.15) is 18.1 Å². The average molecular weight is 416 g/mol. The molecule has 0 saturated carbocycles. The summed E-state index contributed by atoms with van der Waals surface area (Å²) in [7, 11) is 2.42. The zero-order valence-corrected chi connectivity index (χ0v) is 18.4. The molecule has 1 aromatic rings. The number of nitrogens with zero attached hydrogens (tertiary/aromatic N) is 1. The van der Waals surface area contributed by atoms with Gasteiger partial charge in [0.25, 0.3) is 5.91 Å². The van der Waals surface area contributed by atoms with Crippen molar-refractivity contribution in [2.24, 2.45) is 0 Å². The molecule has 1 aromatic carbocycles. The van der Waals surface area contributed by atoms with E-state index < -0.39 is 24.4 Å². The molecule has 1 atom stereocenters. The van der Waals surface area contributed by atoms with Crippen LogP contribution in [-0.2, 0) is 25.4 Å². The van der Waals surface area contributed by atoms with Crippen LogP contribution in [0.4, 0.5) is 0 Å². The first-order valence-electron chi connectivity index (χ1n) is 10.1. The fourth-order valence-electron chi connectivity index (χ4n) is 3.79. The van der Waals surface area contributed by atoms with Crippen LogP contribution in [0, 0.1) is 0 Å². The van der Waals surface area contributed by atoms with E-state index in [0.717, 1.165) is 11.8 Å². The van der Waals surface area contributed by atoms with Gasteiger partial charge in [0, 0.05) is 31.0 Å². The summed E-state index contributed by atoms with van der Waals surface area (Å²) in [4.78, 5) is 37.8. The SMILES string of the molecule is CNC(=O)C(CCC=O)N1Cc2cc(B3OC(C)(C)C(C)(C)O3)c(OC)cc2C1=O. The van der Waals surface area contributed by atoms with Gasteiger partial charge in [0.2, 0.25) is 5.91 Å². The van der Waals surface area contributed by atoms with E-state index in [9.17, 15) is 14.4 Å². The molecule has 9 heteroatoms. The first-order valence-corrected chi connectivity index (χ1v) is 10.1. The van der Waals surface area contributed by atoms with E-state index in [1.165, 1.54) is 19.1 Å². The highest BCUT2D eigenvalue weighted by Gasteiger charge is 2.53. The van der Waals surface area contributed by atoms with Gasteiger partial charge in [-0.05, 0) is 45.7 Å². The van der Waals surface area contributed by atoms with E-state index >= 15 is 0 Å². The number of amides is 2. The third-order valence-corrected chi connectivity index (χ3v) is 6.28. The van der Waals surface area contributed by atoms with E-state index in [0.29, 0.717) is 16.8 Å². The molecule has 1 N–H and O–H groups in total. The number of carbonyl (C=O) groups excluding carboxylic acids is 3. The minimum Gasteiger partial charge on any atom is -0.497 e. The number of likely N-dealkylation sites (N-methyl/N-ethyl adjacent to an activating group) is 1. The molecule has 1 saturated heterocycles. The lowest BCUT2D eigenvalue weighted by Crippen LogP contribution is -2.46. The summed E-state index contributed by atoms with van der Waals surface area (Å²) in [5.41, 5.74) is 0.928. The van der Waals surface area contributed by atoms with Crippen LogP contribution >= 0.6 is 0 Å². The van der Waals surface area contributed by atoms with Gasteiger partial charge in [-0.3, -0.25) is 9.59 Å². The molecule has 0 radical (unpaired) electrons. The van der Waals surface area contributed by atoms with E-state index in [4.69, 9.17) is 14.0 Å². The normalized spacial score (nSPS) is 20.1. The number of carbonyl (C=O) groups is 3. The van der Waals surface area contributed by atoms with Crippen LogP contribution in [0.25, 0.3) is 0 Å². The summed E-state index contributed by atoms with van der Waals surface area (Å²) in [6.45, 7) is 8.15. The van der Waals surface area contributed by atoms with Crippen molar-refractivity contribution in [3.8, 4) is 5.75 Å². The second-order valence-corrected chi connectivity index (χ2v) is 8.65. The summed E-state index contributed by atoms with van der Waals surface area (Å²) < 4.78 is 17.9. The standard InChI is InChI=1S/C21H29BN2O6/c1-20(2)21(3,4)30-22(29-20)15-10-13-12-24(16(8-7-9-25)18(26)23-5)19(27)14(13)11-17(15)28-6/h9-11,16H,7-8,12H2,1-6H3,(H,23,26). The number of ether oxygens (including phenoxy) is 1. The molecule has 1 unspecified atom stereocenters. The fraction of sp³-hybridized carbons (Fsp3) is 0.571. The molecule has 0 spiro atoms. The molecular formula is C21H29BN2O6. The van der Waals surface area contributed by atoms with Crippen LogP contribution in [0.2, 0.25) is 0 Å². The maximum Gasteiger partial charge on any atom is 0.498 e. The maximum absolute atomic E-state index is 13.1. The van der Waals surface area contributed by atoms with Crippen molar-refractivity contribution in [3.05, 3.63) is 23.3 Å². The van der Waals surface area contributed by atoms with Crippen molar-refractivity contribution < 1.29 is 28.4 Å². The fourth-order valence-corrected chi connectivity index (χ4v) is 3.79. The van der Waals surface area contributed by atoms with Crippen molar-refractivity contribution in [2.75, 3.05) is 14.2 Å². The predicted molar refractivity (Wildman–Crippen MR) is 112 cm³/mol. The van der Waals surface area contributed by atoms with Gasteiger partial charge in [-0.1, -0.05) is 6.07 Å². The minimum absolute atomic E-state index is 0.195. The molecule has 8 nitrogen and oxygen atoms in total. The highest BCUT2D eigenvalue weighted by atomic mass is 16.7. The number of methoxy groups -OCH3 is 1. The van der Waals surface area contributed by atoms with Crippen molar-refractivity contribution in [3.63, 3.8) is 0 Å². The topological polar surface area (TPSA) is 94.2 Å². The first-order chi connectivity index (χ1) is 14.1. The number of rotatable bonds is 7. The third-order valence-electron chi connectivity index (χ3n) is 6.28. The van der Waals surface area contributed by atoms with Crippen molar-refractivity contribution in [2.45, 2.75) is 64.3 Å². The predicted octanol–water partition coefficient (Wildman–Crippen LogP) is 1.04. The van der Waals surface area contributed by atoms with Crippen LogP contribution in [0.15, 0.2) is 12.1 Å². The molecule has 30 heavy (non-hydrogen) atoms. The average Bonchev–Trinajstić information content (AvgIpc) is 3.12. The summed E-state index contributed by atoms with van der Waals surface area (Å²) in [5, 5.41) is 2.58. The van der Waals surface area contributed by atoms with E-state index in [2.05, 4.69) is 5.32 Å². The van der Waals surface area contributed by atoms with Gasteiger partial charge in [-0.2, -0.15) is 0 Å². The largest absolute Gasteiger partial charge is 0.498 e. The molecule has 2 aliphatic rings. The molecule has 0 aliphatic carbocycles. The molecule has 0 aromatic heterocycles. The lowest BCUT2D eigenvalue weighted by Gasteiger charge is -2.32. The molecule has 0 bridgehead atoms. The Balaban J connectivity index is 1.95. The highest BCUT2D eigenvalue weighted by molar-refractivity contribution is 6.63. The maximum atomic E-state index is 13.1. The second-order valence-electron chi connectivity index (χ2n) is 8.65. The monoisotopic (exact) mass is 416 g/mol. The Labute approximate surface area is 177 Å². The van der Waals surface area contributed by atoms with Crippen LogP contribution in [0.1, 0.15) is 56.5 Å². The summed E-state index contributed by atoms with van der Waals surface area (Å²) in [6, 6.07) is 2.82. The van der Waals surface area contributed by atoms with Gasteiger partial charge in [-0.15, -0.1) is 0 Å². The molecule has 2 heterocycles. The smallest absolute Gasteiger partial charge is 0.497 e. The van der Waals surface area contributed by atoms with Gasteiger partial charge >= 0.3 is 7.12 Å². The Morgan fingerprint density at radius 3 is 2.47 bits per heavy atom. The number of hydrogen-bond donors (Lipinski definition) is 1. The molecular weight excluding hydrogens is 387 g/mol. The molecule has 162 valence electrons. The van der Waals surface area contributed by atoms with Gasteiger partial charge in [0.15, 0.2) is 0 Å². The molecule has 1 fully saturated rings. The van der Waals surface area contributed by atoms with Crippen LogP contribution in [0.5, 0.6) is 5.75 Å². The lowest BCUT2D eigenvalue weighted by atomic mass is 9.77. The number of nitrogens with one attached hydrogen (secondary N) is 1. The Kier molecular flexibility index (Phi) is 5.97. The van der Waals surface area contributed by atoms with Gasteiger partial charge in [-0.25, -0.2) is 0 Å². The van der Waals surface area contributed by atoms with Crippen LogP contribution in [-0.4, -0.2) is 61.5 Å². The Morgan fingerprint density at radius 1 is 1.30 bits per heavy atom. The first kappa shape index (κ1) is 22.3. The summed E-state index contributed by atoms with van der Waals surface area (Å²) >= 11 is 0. The van der Waals surface area contributed by atoms with Crippen molar-refractivity contribution in [1.29, 1.82) is 0 Å². The third kappa shape index (κ3) is 3.72. The van der Waals surface area contributed by atoms with Crippen LogP contribution < -0.4 is 15.5 Å². The van der Waals surface area contributed by atoms with Gasteiger partial charge in [0.05, 0.1) is 18.3 Å². The zero-order valence-electron chi connectivity index (χ0n) is 18.4. The Morgan fingerprint density at radius 2 is 1.93 bits per heavy atom. The number of hydrogen-bond acceptors (Lipinski definition) is 6. The van der Waals surface area contributed by atoms with E-state index in [1.807, 2.05) is 33.8 Å². The molecule has 2 aliphatic heterocycles. The lowest BCUT2D eigenvalue weighted by molar-refractivity contribution is -0.125. The highest BCUT2D eigenvalue weighted by Crippen LogP contribution is 2.38. The summed E-state index contributed by atoms with van der Waals surface area (Å²) in [6.07, 6.45) is 1.22. The summed E-state index contributed by atoms with van der Waals surface area (Å²) in [5.74, 6) is -0.0637. The van der Waals surface area contributed by atoms with E-state index in [-0.39, 0.29) is 31.2 Å². The second kappa shape index (κ2) is 8.04. The van der Waals surface area contributed by atoms with Crippen LogP contribution in [0.3, 0.4) is 0 Å². The van der Waals surface area contributed by atoms with E-state index in [1.54, 1.807) is 6.07 Å². The quantitative estimate of drug-likeness (QED) is 0.528. The Bertz CT molecular complexity index is 853. The molecule has 2 amide bonds. The number of benzene rings is 1. The van der Waals surface area contributed by atoms with Gasteiger partial charge < -0.3 is 29.1 Å². The Hall–Kier alpha value is -2.39.